The Morgan fingerprint density at radius 3 is 2.27 bits per heavy atom. The molecule has 1 aliphatic rings. The first-order chi connectivity index (χ1) is 5.04. The van der Waals surface area contributed by atoms with E-state index in [2.05, 4.69) is 0 Å². The van der Waals surface area contributed by atoms with Crippen LogP contribution in [0.5, 0.6) is 0 Å². The molecule has 0 bridgehead atoms. The Hall–Kier alpha value is -0.200. The van der Waals surface area contributed by atoms with Gasteiger partial charge in [-0.05, 0) is 6.92 Å². The minimum atomic E-state index is -1.19. The van der Waals surface area contributed by atoms with Gasteiger partial charge in [-0.15, -0.1) is 0 Å². The van der Waals surface area contributed by atoms with Crippen LogP contribution in [0.3, 0.4) is 0 Å². The molecule has 1 rings (SSSR count). The van der Waals surface area contributed by atoms with E-state index in [-0.39, 0.29) is 0 Å². The van der Waals surface area contributed by atoms with Crippen molar-refractivity contribution in [2.45, 2.75) is 37.6 Å². The Kier molecular flexibility index (Phi) is 2.46. The summed E-state index contributed by atoms with van der Waals surface area (Å²) in [5.74, 6) is 0. The fourth-order valence-electron chi connectivity index (χ4n) is 1.07. The molecule has 0 spiro atoms. The zero-order valence-corrected chi connectivity index (χ0v) is 6.21. The first kappa shape index (κ1) is 8.89. The standard InChI is InChI=1S/C6H13NO4/c1-2-4(8)5(9)3(7)6(10)11-2/h2-6,8-10H,7H2,1H3/t2-,3-,4+,5+,6+/m1/s1. The molecule has 11 heavy (non-hydrogen) atoms. The molecular formula is C6H13NO4. The number of ether oxygens (including phenoxy) is 1. The fraction of sp³-hybridized carbons (Fsp3) is 1.00. The molecule has 5 atom stereocenters. The molecule has 5 heteroatoms. The highest BCUT2D eigenvalue weighted by Crippen LogP contribution is 2.17. The number of nitrogens with two attached hydrogens (primary N) is 1. The Balaban J connectivity index is 2.63. The Morgan fingerprint density at radius 2 is 1.73 bits per heavy atom. The van der Waals surface area contributed by atoms with Gasteiger partial charge in [-0.25, -0.2) is 0 Å². The molecule has 1 fully saturated rings. The van der Waals surface area contributed by atoms with Crippen LogP contribution in [0.25, 0.3) is 0 Å². The average Bonchev–Trinajstić information content (AvgIpc) is 1.97. The van der Waals surface area contributed by atoms with E-state index in [1.165, 1.54) is 0 Å². The van der Waals surface area contributed by atoms with Crippen LogP contribution < -0.4 is 5.73 Å². The Morgan fingerprint density at radius 1 is 1.18 bits per heavy atom. The topological polar surface area (TPSA) is 95.9 Å². The number of aliphatic hydroxyl groups excluding tert-OH is 3. The van der Waals surface area contributed by atoms with Gasteiger partial charge in [-0.1, -0.05) is 0 Å². The van der Waals surface area contributed by atoms with Crippen LogP contribution in [0, 0.1) is 0 Å². The van der Waals surface area contributed by atoms with Gasteiger partial charge in [0.25, 0.3) is 0 Å². The lowest BCUT2D eigenvalue weighted by atomic mass is 9.99. The normalized spacial score (nSPS) is 52.6. The lowest BCUT2D eigenvalue weighted by Crippen LogP contribution is -2.60. The molecule has 0 unspecified atom stereocenters. The highest BCUT2D eigenvalue weighted by molar-refractivity contribution is 4.88. The largest absolute Gasteiger partial charge is 0.388 e. The van der Waals surface area contributed by atoms with Crippen LogP contribution >= 0.6 is 0 Å². The molecule has 0 amide bonds. The van der Waals surface area contributed by atoms with E-state index >= 15 is 0 Å². The molecule has 5 nitrogen and oxygen atoms in total. The van der Waals surface area contributed by atoms with E-state index in [1.807, 2.05) is 0 Å². The summed E-state index contributed by atoms with van der Waals surface area (Å²) in [6.45, 7) is 1.56. The van der Waals surface area contributed by atoms with Crippen LogP contribution in [-0.2, 0) is 4.74 Å². The van der Waals surface area contributed by atoms with E-state index in [9.17, 15) is 5.11 Å². The molecule has 66 valence electrons. The van der Waals surface area contributed by atoms with Crippen LogP contribution in [0.2, 0.25) is 0 Å². The van der Waals surface area contributed by atoms with Crippen molar-refractivity contribution in [1.82, 2.24) is 0 Å². The van der Waals surface area contributed by atoms with Gasteiger partial charge >= 0.3 is 0 Å². The maximum absolute atomic E-state index is 9.17. The van der Waals surface area contributed by atoms with Crippen molar-refractivity contribution < 1.29 is 20.1 Å². The van der Waals surface area contributed by atoms with Crippen molar-refractivity contribution in [3.05, 3.63) is 0 Å². The molecule has 0 radical (unpaired) electrons. The lowest BCUT2D eigenvalue weighted by molar-refractivity contribution is -0.236. The summed E-state index contributed by atoms with van der Waals surface area (Å²) in [6.07, 6.45) is -3.91. The summed E-state index contributed by atoms with van der Waals surface area (Å²) in [5, 5.41) is 27.4. The maximum atomic E-state index is 9.17. The second kappa shape index (κ2) is 3.04. The van der Waals surface area contributed by atoms with E-state index in [0.29, 0.717) is 0 Å². The molecule has 1 heterocycles. The van der Waals surface area contributed by atoms with E-state index in [1.54, 1.807) is 6.92 Å². The first-order valence-electron chi connectivity index (χ1n) is 3.49. The van der Waals surface area contributed by atoms with Crippen LogP contribution in [0.1, 0.15) is 6.92 Å². The van der Waals surface area contributed by atoms with Crippen molar-refractivity contribution >= 4 is 0 Å². The van der Waals surface area contributed by atoms with E-state index < -0.39 is 30.6 Å². The number of rotatable bonds is 0. The highest BCUT2D eigenvalue weighted by atomic mass is 16.6. The van der Waals surface area contributed by atoms with Crippen LogP contribution in [-0.4, -0.2) is 46.0 Å². The molecule has 0 aliphatic carbocycles. The molecule has 1 saturated heterocycles. The maximum Gasteiger partial charge on any atom is 0.172 e. The SMILES string of the molecule is C[C@H]1O[C@H](O)[C@H](N)[C@H](O)[C@H]1O. The Labute approximate surface area is 64.4 Å². The Bertz CT molecular complexity index is 129. The van der Waals surface area contributed by atoms with Gasteiger partial charge in [0.1, 0.15) is 12.2 Å². The second-order valence-corrected chi connectivity index (χ2v) is 2.79. The van der Waals surface area contributed by atoms with Gasteiger partial charge in [0, 0.05) is 0 Å². The molecule has 0 aromatic carbocycles. The van der Waals surface area contributed by atoms with Gasteiger partial charge in [-0.3, -0.25) is 0 Å². The van der Waals surface area contributed by atoms with Crippen molar-refractivity contribution in [2.75, 3.05) is 0 Å². The van der Waals surface area contributed by atoms with Crippen molar-refractivity contribution in [3.8, 4) is 0 Å². The van der Waals surface area contributed by atoms with Gasteiger partial charge < -0.3 is 25.8 Å². The third kappa shape index (κ3) is 1.52. The summed E-state index contributed by atoms with van der Waals surface area (Å²) in [5.41, 5.74) is 5.29. The summed E-state index contributed by atoms with van der Waals surface area (Å²) < 4.78 is 4.80. The van der Waals surface area contributed by atoms with E-state index in [0.717, 1.165) is 0 Å². The van der Waals surface area contributed by atoms with Crippen LogP contribution in [0.15, 0.2) is 0 Å². The van der Waals surface area contributed by atoms with Gasteiger partial charge in [0.2, 0.25) is 0 Å². The van der Waals surface area contributed by atoms with E-state index in [4.69, 9.17) is 20.7 Å². The third-order valence-corrected chi connectivity index (χ3v) is 1.91. The van der Waals surface area contributed by atoms with Crippen molar-refractivity contribution in [2.24, 2.45) is 5.73 Å². The van der Waals surface area contributed by atoms with Gasteiger partial charge in [0.05, 0.1) is 12.1 Å². The molecule has 0 aromatic rings. The zero-order valence-electron chi connectivity index (χ0n) is 6.21. The smallest absolute Gasteiger partial charge is 0.172 e. The second-order valence-electron chi connectivity index (χ2n) is 2.79. The number of hydrogen-bond acceptors (Lipinski definition) is 5. The molecule has 5 N–H and O–H groups in total. The quantitative estimate of drug-likeness (QED) is 0.324. The van der Waals surface area contributed by atoms with Gasteiger partial charge in [0.15, 0.2) is 6.29 Å². The lowest BCUT2D eigenvalue weighted by Gasteiger charge is -2.37. The summed E-state index contributed by atoms with van der Waals surface area (Å²) in [6, 6.07) is -0.929. The predicted molar refractivity (Wildman–Crippen MR) is 36.5 cm³/mol. The molecule has 1 aliphatic heterocycles. The molecule has 0 aromatic heterocycles. The van der Waals surface area contributed by atoms with Crippen molar-refractivity contribution in [3.63, 3.8) is 0 Å². The van der Waals surface area contributed by atoms with Gasteiger partial charge in [-0.2, -0.15) is 0 Å². The fourth-order valence-corrected chi connectivity index (χ4v) is 1.07. The van der Waals surface area contributed by atoms with Crippen molar-refractivity contribution in [1.29, 1.82) is 0 Å². The predicted octanol–water partition coefficient (Wildman–Crippen LogP) is -2.23. The zero-order chi connectivity index (χ0) is 8.59. The van der Waals surface area contributed by atoms with Crippen LogP contribution in [0.4, 0.5) is 0 Å². The minimum Gasteiger partial charge on any atom is -0.388 e. The minimum absolute atomic E-state index is 0.584. The first-order valence-corrected chi connectivity index (χ1v) is 3.49. The number of hydrogen-bond donors (Lipinski definition) is 4. The summed E-state index contributed by atoms with van der Waals surface area (Å²) in [4.78, 5) is 0. The highest BCUT2D eigenvalue weighted by Gasteiger charge is 2.39. The number of aliphatic hydroxyl groups is 3. The summed E-state index contributed by atoms with van der Waals surface area (Å²) in [7, 11) is 0. The monoisotopic (exact) mass is 163 g/mol. The average molecular weight is 163 g/mol. The summed E-state index contributed by atoms with van der Waals surface area (Å²) >= 11 is 0. The molecule has 0 saturated carbocycles. The molecular weight excluding hydrogens is 150 g/mol. The third-order valence-electron chi connectivity index (χ3n) is 1.91.